The SMILES string of the molecule is CC(C)CNCC(C)C(C)N(C)Cc1cccs1. The van der Waals surface area contributed by atoms with E-state index in [2.05, 4.69) is 62.5 Å². The Hall–Kier alpha value is -0.380. The molecule has 1 heterocycles. The highest BCUT2D eigenvalue weighted by Crippen LogP contribution is 2.15. The highest BCUT2D eigenvalue weighted by molar-refractivity contribution is 7.09. The minimum absolute atomic E-state index is 0.603. The van der Waals surface area contributed by atoms with Gasteiger partial charge in [-0.25, -0.2) is 0 Å². The van der Waals surface area contributed by atoms with Gasteiger partial charge in [0.2, 0.25) is 0 Å². The lowest BCUT2D eigenvalue weighted by Crippen LogP contribution is -2.39. The van der Waals surface area contributed by atoms with E-state index in [9.17, 15) is 0 Å². The fourth-order valence-electron chi connectivity index (χ4n) is 2.00. The Balaban J connectivity index is 2.30. The first kappa shape index (κ1) is 15.7. The largest absolute Gasteiger partial charge is 0.316 e. The van der Waals surface area contributed by atoms with Crippen LogP contribution in [0.5, 0.6) is 0 Å². The van der Waals surface area contributed by atoms with E-state index in [0.29, 0.717) is 12.0 Å². The molecule has 1 rings (SSSR count). The lowest BCUT2D eigenvalue weighted by atomic mass is 10.0. The van der Waals surface area contributed by atoms with Crippen LogP contribution in [-0.2, 0) is 6.54 Å². The molecule has 0 saturated heterocycles. The Labute approximate surface area is 116 Å². The van der Waals surface area contributed by atoms with E-state index in [1.807, 2.05) is 11.3 Å². The summed E-state index contributed by atoms with van der Waals surface area (Å²) < 4.78 is 0. The zero-order chi connectivity index (χ0) is 13.5. The van der Waals surface area contributed by atoms with Crippen molar-refractivity contribution in [3.05, 3.63) is 22.4 Å². The molecule has 0 aromatic carbocycles. The maximum atomic E-state index is 3.56. The van der Waals surface area contributed by atoms with Crippen molar-refractivity contribution in [2.24, 2.45) is 11.8 Å². The summed E-state index contributed by atoms with van der Waals surface area (Å²) in [6.07, 6.45) is 0. The molecule has 0 saturated carbocycles. The Morgan fingerprint density at radius 1 is 1.22 bits per heavy atom. The molecule has 0 aliphatic carbocycles. The van der Waals surface area contributed by atoms with Crippen molar-refractivity contribution >= 4 is 11.3 Å². The second-order valence-electron chi connectivity index (χ2n) is 5.76. The van der Waals surface area contributed by atoms with Gasteiger partial charge in [0.1, 0.15) is 0 Å². The minimum atomic E-state index is 0.603. The van der Waals surface area contributed by atoms with Crippen LogP contribution in [0.2, 0.25) is 0 Å². The summed E-state index contributed by atoms with van der Waals surface area (Å²) in [5.41, 5.74) is 0. The van der Waals surface area contributed by atoms with Crippen LogP contribution in [0.1, 0.15) is 32.6 Å². The second-order valence-corrected chi connectivity index (χ2v) is 6.80. The van der Waals surface area contributed by atoms with Crippen LogP contribution < -0.4 is 5.32 Å². The van der Waals surface area contributed by atoms with Crippen molar-refractivity contribution in [1.29, 1.82) is 0 Å². The van der Waals surface area contributed by atoms with Gasteiger partial charge in [-0.15, -0.1) is 11.3 Å². The lowest BCUT2D eigenvalue weighted by molar-refractivity contribution is 0.189. The summed E-state index contributed by atoms with van der Waals surface area (Å²) in [5, 5.41) is 5.71. The van der Waals surface area contributed by atoms with E-state index < -0.39 is 0 Å². The van der Waals surface area contributed by atoms with Crippen LogP contribution in [0, 0.1) is 11.8 Å². The van der Waals surface area contributed by atoms with Crippen LogP contribution in [0.4, 0.5) is 0 Å². The first-order valence-electron chi connectivity index (χ1n) is 6.94. The van der Waals surface area contributed by atoms with Gasteiger partial charge in [0.25, 0.3) is 0 Å². The molecule has 0 spiro atoms. The Morgan fingerprint density at radius 2 is 1.94 bits per heavy atom. The lowest BCUT2D eigenvalue weighted by Gasteiger charge is -2.30. The topological polar surface area (TPSA) is 15.3 Å². The predicted molar refractivity (Wildman–Crippen MR) is 82.1 cm³/mol. The molecule has 3 heteroatoms. The summed E-state index contributed by atoms with van der Waals surface area (Å²) in [6.45, 7) is 12.5. The van der Waals surface area contributed by atoms with Crippen LogP contribution in [0.15, 0.2) is 17.5 Å². The smallest absolute Gasteiger partial charge is 0.0327 e. The molecular weight excluding hydrogens is 240 g/mol. The van der Waals surface area contributed by atoms with E-state index in [0.717, 1.165) is 25.6 Å². The molecule has 18 heavy (non-hydrogen) atoms. The summed E-state index contributed by atoms with van der Waals surface area (Å²) in [4.78, 5) is 3.90. The molecule has 2 unspecified atom stereocenters. The number of hydrogen-bond acceptors (Lipinski definition) is 3. The van der Waals surface area contributed by atoms with Crippen LogP contribution in [0.25, 0.3) is 0 Å². The van der Waals surface area contributed by atoms with Gasteiger partial charge in [-0.3, -0.25) is 4.90 Å². The van der Waals surface area contributed by atoms with Gasteiger partial charge in [-0.1, -0.05) is 26.8 Å². The van der Waals surface area contributed by atoms with E-state index in [1.54, 1.807) is 0 Å². The third kappa shape index (κ3) is 5.51. The van der Waals surface area contributed by atoms with Gasteiger partial charge >= 0.3 is 0 Å². The van der Waals surface area contributed by atoms with E-state index >= 15 is 0 Å². The molecule has 1 aromatic rings. The van der Waals surface area contributed by atoms with Gasteiger partial charge in [0, 0.05) is 17.5 Å². The average Bonchev–Trinajstić information content (AvgIpc) is 2.80. The Morgan fingerprint density at radius 3 is 2.50 bits per heavy atom. The highest BCUT2D eigenvalue weighted by atomic mass is 32.1. The van der Waals surface area contributed by atoms with Gasteiger partial charge < -0.3 is 5.32 Å². The van der Waals surface area contributed by atoms with Crippen LogP contribution >= 0.6 is 11.3 Å². The highest BCUT2D eigenvalue weighted by Gasteiger charge is 2.17. The van der Waals surface area contributed by atoms with Gasteiger partial charge in [0.15, 0.2) is 0 Å². The van der Waals surface area contributed by atoms with Gasteiger partial charge in [0.05, 0.1) is 0 Å². The first-order valence-corrected chi connectivity index (χ1v) is 7.82. The zero-order valence-corrected chi connectivity index (χ0v) is 13.3. The number of rotatable bonds is 8. The Bertz CT molecular complexity index is 308. The second kappa shape index (κ2) is 7.93. The maximum absolute atomic E-state index is 3.56. The summed E-state index contributed by atoms with van der Waals surface area (Å²) in [7, 11) is 2.23. The predicted octanol–water partition coefficient (Wildman–Crippen LogP) is 3.45. The molecule has 104 valence electrons. The molecule has 2 atom stereocenters. The third-order valence-electron chi connectivity index (χ3n) is 3.52. The summed E-state index contributed by atoms with van der Waals surface area (Å²) in [6, 6.07) is 4.95. The monoisotopic (exact) mass is 268 g/mol. The number of nitrogens with one attached hydrogen (secondary N) is 1. The van der Waals surface area contributed by atoms with E-state index in [1.165, 1.54) is 4.88 Å². The van der Waals surface area contributed by atoms with Crippen molar-refractivity contribution in [2.45, 2.75) is 40.3 Å². The van der Waals surface area contributed by atoms with Crippen LogP contribution in [0.3, 0.4) is 0 Å². The molecule has 0 amide bonds. The molecule has 2 nitrogen and oxygen atoms in total. The molecule has 0 bridgehead atoms. The van der Waals surface area contributed by atoms with Crippen molar-refractivity contribution < 1.29 is 0 Å². The number of thiophene rings is 1. The van der Waals surface area contributed by atoms with Crippen molar-refractivity contribution in [2.75, 3.05) is 20.1 Å². The summed E-state index contributed by atoms with van der Waals surface area (Å²) in [5.74, 6) is 1.41. The minimum Gasteiger partial charge on any atom is -0.316 e. The fourth-order valence-corrected chi connectivity index (χ4v) is 2.76. The normalized spacial score (nSPS) is 15.3. The molecule has 0 fully saturated rings. The molecule has 1 N–H and O–H groups in total. The fraction of sp³-hybridized carbons (Fsp3) is 0.733. The van der Waals surface area contributed by atoms with Crippen LogP contribution in [-0.4, -0.2) is 31.1 Å². The first-order chi connectivity index (χ1) is 8.50. The molecule has 0 aliphatic heterocycles. The van der Waals surface area contributed by atoms with Gasteiger partial charge in [-0.05, 0) is 50.3 Å². The average molecular weight is 268 g/mol. The maximum Gasteiger partial charge on any atom is 0.0327 e. The van der Waals surface area contributed by atoms with E-state index in [4.69, 9.17) is 0 Å². The van der Waals surface area contributed by atoms with Crippen molar-refractivity contribution in [3.63, 3.8) is 0 Å². The third-order valence-corrected chi connectivity index (χ3v) is 4.38. The van der Waals surface area contributed by atoms with E-state index in [-0.39, 0.29) is 0 Å². The molecular formula is C15H28N2S. The zero-order valence-electron chi connectivity index (χ0n) is 12.4. The standard InChI is InChI=1S/C15H28N2S/c1-12(2)9-16-10-13(3)14(4)17(5)11-15-7-6-8-18-15/h6-8,12-14,16H,9-11H2,1-5H3. The van der Waals surface area contributed by atoms with Crippen molar-refractivity contribution in [1.82, 2.24) is 10.2 Å². The number of nitrogens with zero attached hydrogens (tertiary/aromatic N) is 1. The molecule has 0 aliphatic rings. The summed E-state index contributed by atoms with van der Waals surface area (Å²) >= 11 is 1.84. The number of hydrogen-bond donors (Lipinski definition) is 1. The van der Waals surface area contributed by atoms with Gasteiger partial charge in [-0.2, -0.15) is 0 Å². The molecule has 1 aromatic heterocycles. The Kier molecular flexibility index (Phi) is 6.90. The van der Waals surface area contributed by atoms with Crippen molar-refractivity contribution in [3.8, 4) is 0 Å². The quantitative estimate of drug-likeness (QED) is 0.777. The molecule has 0 radical (unpaired) electrons.